The highest BCUT2D eigenvalue weighted by atomic mass is 16.5. The monoisotopic (exact) mass is 139 g/mol. The molecule has 10 heavy (non-hydrogen) atoms. The average molecular weight is 139 g/mol. The van der Waals surface area contributed by atoms with Crippen molar-refractivity contribution in [3.8, 4) is 0 Å². The lowest BCUT2D eigenvalue weighted by Crippen LogP contribution is -2.07. The third-order valence-electron chi connectivity index (χ3n) is 1.41. The van der Waals surface area contributed by atoms with Gasteiger partial charge in [-0.15, -0.1) is 0 Å². The molecule has 1 aliphatic heterocycles. The van der Waals surface area contributed by atoms with E-state index in [1.54, 1.807) is 0 Å². The van der Waals surface area contributed by atoms with Crippen molar-refractivity contribution in [3.05, 3.63) is 12.3 Å². The molecule has 0 aromatic carbocycles. The second-order valence-electron chi connectivity index (χ2n) is 2.32. The van der Waals surface area contributed by atoms with E-state index in [2.05, 4.69) is 11.9 Å². The number of unbranched alkanes of at least 4 members (excludes halogenated alkanes) is 1. The van der Waals surface area contributed by atoms with E-state index in [0.717, 1.165) is 12.3 Å². The van der Waals surface area contributed by atoms with Crippen molar-refractivity contribution in [2.24, 2.45) is 4.99 Å². The second-order valence-corrected chi connectivity index (χ2v) is 2.32. The van der Waals surface area contributed by atoms with Crippen LogP contribution in [0.15, 0.2) is 17.3 Å². The van der Waals surface area contributed by atoms with Crippen molar-refractivity contribution >= 4 is 5.90 Å². The molecule has 0 amide bonds. The van der Waals surface area contributed by atoms with E-state index < -0.39 is 0 Å². The summed E-state index contributed by atoms with van der Waals surface area (Å²) in [6.45, 7) is 2.86. The summed E-state index contributed by atoms with van der Waals surface area (Å²) < 4.78 is 5.24. The maximum Gasteiger partial charge on any atom is 0.188 e. The Morgan fingerprint density at radius 2 is 2.60 bits per heavy atom. The molecule has 2 heteroatoms. The molecule has 0 N–H and O–H groups in total. The molecule has 1 aliphatic rings. The number of hydrogen-bond donors (Lipinski definition) is 0. The van der Waals surface area contributed by atoms with Crippen molar-refractivity contribution in [1.29, 1.82) is 0 Å². The summed E-state index contributed by atoms with van der Waals surface area (Å²) in [4.78, 5) is 4.08. The van der Waals surface area contributed by atoms with E-state index >= 15 is 0 Å². The summed E-state index contributed by atoms with van der Waals surface area (Å²) in [6, 6.07) is 0. The molecule has 0 aliphatic carbocycles. The number of hydrogen-bond acceptors (Lipinski definition) is 2. The maximum absolute atomic E-state index is 5.24. The minimum Gasteiger partial charge on any atom is -0.476 e. The standard InChI is InChI=1S/C8H13NO/c1-2-3-5-8-9-6-4-7-10-8/h4,6H,2-3,5,7H2,1H3. The van der Waals surface area contributed by atoms with E-state index in [1.807, 2.05) is 12.3 Å². The van der Waals surface area contributed by atoms with Gasteiger partial charge in [0.1, 0.15) is 6.61 Å². The summed E-state index contributed by atoms with van der Waals surface area (Å²) >= 11 is 0. The first-order valence-electron chi connectivity index (χ1n) is 3.78. The highest BCUT2D eigenvalue weighted by Crippen LogP contribution is 2.02. The van der Waals surface area contributed by atoms with Gasteiger partial charge in [-0.3, -0.25) is 0 Å². The third kappa shape index (κ3) is 2.21. The number of rotatable bonds is 3. The molecule has 0 spiro atoms. The first-order valence-corrected chi connectivity index (χ1v) is 3.78. The molecule has 0 radical (unpaired) electrons. The predicted molar refractivity (Wildman–Crippen MR) is 42.1 cm³/mol. The Balaban J connectivity index is 2.25. The molecule has 0 saturated heterocycles. The molecule has 0 aromatic rings. The number of aliphatic imine (C=N–C) groups is 1. The van der Waals surface area contributed by atoms with Crippen LogP contribution in [-0.2, 0) is 4.74 Å². The van der Waals surface area contributed by atoms with Crippen LogP contribution in [-0.4, -0.2) is 12.5 Å². The molecule has 0 atom stereocenters. The minimum absolute atomic E-state index is 0.697. The van der Waals surface area contributed by atoms with Gasteiger partial charge in [0.05, 0.1) is 0 Å². The molecule has 2 nitrogen and oxygen atoms in total. The zero-order chi connectivity index (χ0) is 7.23. The number of ether oxygens (including phenoxy) is 1. The Hall–Kier alpha value is -0.790. The van der Waals surface area contributed by atoms with Crippen LogP contribution in [0.4, 0.5) is 0 Å². The zero-order valence-electron chi connectivity index (χ0n) is 6.34. The highest BCUT2D eigenvalue weighted by molar-refractivity contribution is 5.77. The Bertz CT molecular complexity index is 149. The van der Waals surface area contributed by atoms with Crippen LogP contribution in [0.5, 0.6) is 0 Å². The molecule has 0 bridgehead atoms. The molecule has 0 aromatic heterocycles. The van der Waals surface area contributed by atoms with Crippen molar-refractivity contribution in [1.82, 2.24) is 0 Å². The fourth-order valence-electron chi connectivity index (χ4n) is 0.825. The highest BCUT2D eigenvalue weighted by Gasteiger charge is 1.99. The maximum atomic E-state index is 5.24. The van der Waals surface area contributed by atoms with Crippen LogP contribution in [0.25, 0.3) is 0 Å². The van der Waals surface area contributed by atoms with Crippen LogP contribution in [0.1, 0.15) is 26.2 Å². The van der Waals surface area contributed by atoms with Crippen molar-refractivity contribution in [2.45, 2.75) is 26.2 Å². The quantitative estimate of drug-likeness (QED) is 0.587. The smallest absolute Gasteiger partial charge is 0.188 e. The number of nitrogens with zero attached hydrogens (tertiary/aromatic N) is 1. The van der Waals surface area contributed by atoms with E-state index in [1.165, 1.54) is 12.8 Å². The average Bonchev–Trinajstić information content (AvgIpc) is 2.03. The molecule has 0 unspecified atom stereocenters. The van der Waals surface area contributed by atoms with Gasteiger partial charge in [0.2, 0.25) is 0 Å². The Morgan fingerprint density at radius 3 is 3.20 bits per heavy atom. The van der Waals surface area contributed by atoms with Gasteiger partial charge in [0, 0.05) is 12.6 Å². The van der Waals surface area contributed by atoms with Gasteiger partial charge in [-0.1, -0.05) is 13.3 Å². The second kappa shape index (κ2) is 4.09. The van der Waals surface area contributed by atoms with Gasteiger partial charge in [0.15, 0.2) is 5.90 Å². The summed E-state index contributed by atoms with van der Waals surface area (Å²) in [5.74, 6) is 0.893. The molecule has 1 heterocycles. The molecule has 0 fully saturated rings. The molecular formula is C8H13NO. The van der Waals surface area contributed by atoms with E-state index in [9.17, 15) is 0 Å². The van der Waals surface area contributed by atoms with Crippen LogP contribution in [0, 0.1) is 0 Å². The molecule has 0 saturated carbocycles. The molecule has 1 rings (SSSR count). The zero-order valence-corrected chi connectivity index (χ0v) is 6.34. The first kappa shape index (κ1) is 7.32. The van der Waals surface area contributed by atoms with Crippen molar-refractivity contribution < 1.29 is 4.74 Å². The summed E-state index contributed by atoms with van der Waals surface area (Å²) in [5.41, 5.74) is 0. The van der Waals surface area contributed by atoms with Crippen LogP contribution >= 0.6 is 0 Å². The van der Waals surface area contributed by atoms with Gasteiger partial charge >= 0.3 is 0 Å². The lowest BCUT2D eigenvalue weighted by molar-refractivity contribution is 0.332. The Labute approximate surface area is 61.6 Å². The molecule has 56 valence electrons. The predicted octanol–water partition coefficient (Wildman–Crippen LogP) is 2.12. The fourth-order valence-corrected chi connectivity index (χ4v) is 0.825. The first-order chi connectivity index (χ1) is 4.93. The van der Waals surface area contributed by atoms with E-state index in [-0.39, 0.29) is 0 Å². The fraction of sp³-hybridized carbons (Fsp3) is 0.625. The van der Waals surface area contributed by atoms with Gasteiger partial charge in [-0.25, -0.2) is 4.99 Å². The van der Waals surface area contributed by atoms with Gasteiger partial charge in [-0.05, 0) is 12.5 Å². The van der Waals surface area contributed by atoms with Crippen LogP contribution < -0.4 is 0 Å². The Morgan fingerprint density at radius 1 is 1.70 bits per heavy atom. The van der Waals surface area contributed by atoms with E-state index in [0.29, 0.717) is 6.61 Å². The summed E-state index contributed by atoms with van der Waals surface area (Å²) in [7, 11) is 0. The SMILES string of the molecule is CCCCC1=NC=CCO1. The van der Waals surface area contributed by atoms with Crippen molar-refractivity contribution in [2.75, 3.05) is 6.61 Å². The van der Waals surface area contributed by atoms with Gasteiger partial charge in [0.25, 0.3) is 0 Å². The normalized spacial score (nSPS) is 16.3. The molecular weight excluding hydrogens is 126 g/mol. The lowest BCUT2D eigenvalue weighted by atomic mass is 10.2. The van der Waals surface area contributed by atoms with Gasteiger partial charge < -0.3 is 4.74 Å². The topological polar surface area (TPSA) is 21.6 Å². The summed E-state index contributed by atoms with van der Waals surface area (Å²) in [5, 5.41) is 0. The van der Waals surface area contributed by atoms with Crippen LogP contribution in [0.3, 0.4) is 0 Å². The Kier molecular flexibility index (Phi) is 3.00. The largest absolute Gasteiger partial charge is 0.476 e. The third-order valence-corrected chi connectivity index (χ3v) is 1.41. The lowest BCUT2D eigenvalue weighted by Gasteiger charge is -2.08. The van der Waals surface area contributed by atoms with E-state index in [4.69, 9.17) is 4.74 Å². The van der Waals surface area contributed by atoms with Crippen molar-refractivity contribution in [3.63, 3.8) is 0 Å². The van der Waals surface area contributed by atoms with Gasteiger partial charge in [-0.2, -0.15) is 0 Å². The minimum atomic E-state index is 0.697. The summed E-state index contributed by atoms with van der Waals surface area (Å²) in [6.07, 6.45) is 7.09. The van der Waals surface area contributed by atoms with Crippen LogP contribution in [0.2, 0.25) is 0 Å².